The molecule has 0 spiro atoms. The Morgan fingerprint density at radius 3 is 2.76 bits per heavy atom. The smallest absolute Gasteiger partial charge is 0.335 e. The maximum Gasteiger partial charge on any atom is 0.335 e. The van der Waals surface area contributed by atoms with Gasteiger partial charge in [-0.3, -0.25) is 0 Å². The fourth-order valence-electron chi connectivity index (χ4n) is 2.04. The van der Waals surface area contributed by atoms with Crippen LogP contribution in [0.25, 0.3) is 0 Å². The molecular weight excluding hydrogens is 288 g/mol. The maximum atomic E-state index is 11.1. The van der Waals surface area contributed by atoms with E-state index in [1.165, 1.54) is 0 Å². The largest absolute Gasteiger partial charge is 0.478 e. The van der Waals surface area contributed by atoms with Gasteiger partial charge in [0, 0.05) is 11.6 Å². The normalized spacial score (nSPS) is 9.90. The minimum Gasteiger partial charge on any atom is -0.478 e. The first-order chi connectivity index (χ1) is 10.1. The number of benzene rings is 2. The fourth-order valence-corrected chi connectivity index (χ4v) is 2.21. The lowest BCUT2D eigenvalue weighted by molar-refractivity contribution is 0.0695. The molecule has 0 aliphatic heterocycles. The van der Waals surface area contributed by atoms with Gasteiger partial charge in [0.25, 0.3) is 0 Å². The molecule has 0 amide bonds. The standard InChI is InChI=1S/C16H13ClN2O2/c17-13-6-5-12(10-18)15(9-13)19-8-7-11-3-1-2-4-14(11)16(20)21/h1-6,9,19H,7-8H2,(H,20,21). The third-order valence-electron chi connectivity index (χ3n) is 3.06. The van der Waals surface area contributed by atoms with E-state index in [2.05, 4.69) is 11.4 Å². The second kappa shape index (κ2) is 6.78. The van der Waals surface area contributed by atoms with E-state index in [4.69, 9.17) is 22.0 Å². The number of carboxylic acids is 1. The van der Waals surface area contributed by atoms with Crippen LogP contribution in [0.4, 0.5) is 5.69 Å². The van der Waals surface area contributed by atoms with Crippen molar-refractivity contribution in [3.8, 4) is 6.07 Å². The first kappa shape index (κ1) is 14.9. The summed E-state index contributed by atoms with van der Waals surface area (Å²) >= 11 is 5.91. The predicted molar refractivity (Wildman–Crippen MR) is 81.8 cm³/mol. The molecule has 0 heterocycles. The molecule has 2 aromatic carbocycles. The van der Waals surface area contributed by atoms with Crippen LogP contribution in [0.3, 0.4) is 0 Å². The summed E-state index contributed by atoms with van der Waals surface area (Å²) in [5.74, 6) is -0.939. The average molecular weight is 301 g/mol. The van der Waals surface area contributed by atoms with Gasteiger partial charge in [0.05, 0.1) is 16.8 Å². The summed E-state index contributed by atoms with van der Waals surface area (Å²) in [5, 5.41) is 21.8. The number of aromatic carboxylic acids is 1. The highest BCUT2D eigenvalue weighted by molar-refractivity contribution is 6.30. The van der Waals surface area contributed by atoms with E-state index in [1.807, 2.05) is 6.07 Å². The third-order valence-corrected chi connectivity index (χ3v) is 3.29. The van der Waals surface area contributed by atoms with Gasteiger partial charge in [-0.1, -0.05) is 29.8 Å². The highest BCUT2D eigenvalue weighted by Crippen LogP contribution is 2.20. The lowest BCUT2D eigenvalue weighted by Crippen LogP contribution is -2.09. The van der Waals surface area contributed by atoms with Crippen LogP contribution >= 0.6 is 11.6 Å². The number of nitrogens with one attached hydrogen (secondary N) is 1. The van der Waals surface area contributed by atoms with E-state index in [0.29, 0.717) is 34.8 Å². The Balaban J connectivity index is 2.08. The number of hydrogen-bond donors (Lipinski definition) is 2. The molecule has 2 aromatic rings. The zero-order valence-electron chi connectivity index (χ0n) is 11.1. The van der Waals surface area contributed by atoms with Crippen LogP contribution in [-0.4, -0.2) is 17.6 Å². The summed E-state index contributed by atoms with van der Waals surface area (Å²) in [7, 11) is 0. The molecule has 0 radical (unpaired) electrons. The minimum atomic E-state index is -0.939. The summed E-state index contributed by atoms with van der Waals surface area (Å²) in [4.78, 5) is 11.1. The van der Waals surface area contributed by atoms with Crippen molar-refractivity contribution in [2.24, 2.45) is 0 Å². The molecule has 4 nitrogen and oxygen atoms in total. The Morgan fingerprint density at radius 1 is 1.29 bits per heavy atom. The van der Waals surface area contributed by atoms with Gasteiger partial charge in [0.2, 0.25) is 0 Å². The minimum absolute atomic E-state index is 0.297. The van der Waals surface area contributed by atoms with Crippen molar-refractivity contribution >= 4 is 23.3 Å². The molecule has 0 aliphatic carbocycles. The van der Waals surface area contributed by atoms with Gasteiger partial charge < -0.3 is 10.4 Å². The second-order valence-electron chi connectivity index (χ2n) is 4.44. The Hall–Kier alpha value is -2.51. The van der Waals surface area contributed by atoms with Gasteiger partial charge in [-0.15, -0.1) is 0 Å². The quantitative estimate of drug-likeness (QED) is 0.885. The van der Waals surface area contributed by atoms with Gasteiger partial charge in [-0.25, -0.2) is 4.79 Å². The van der Waals surface area contributed by atoms with Crippen molar-refractivity contribution in [2.45, 2.75) is 6.42 Å². The van der Waals surface area contributed by atoms with Crippen LogP contribution in [0.1, 0.15) is 21.5 Å². The molecule has 5 heteroatoms. The predicted octanol–water partition coefficient (Wildman–Crippen LogP) is 3.56. The van der Waals surface area contributed by atoms with E-state index in [-0.39, 0.29) is 0 Å². The number of nitrogens with zero attached hydrogens (tertiary/aromatic N) is 1. The molecule has 0 atom stereocenters. The van der Waals surface area contributed by atoms with Crippen LogP contribution in [0.5, 0.6) is 0 Å². The molecule has 0 fully saturated rings. The van der Waals surface area contributed by atoms with Crippen molar-refractivity contribution in [1.82, 2.24) is 0 Å². The van der Waals surface area contributed by atoms with E-state index >= 15 is 0 Å². The Bertz CT molecular complexity index is 708. The molecule has 0 unspecified atom stereocenters. The van der Waals surface area contributed by atoms with Crippen molar-refractivity contribution in [3.63, 3.8) is 0 Å². The Labute approximate surface area is 127 Å². The van der Waals surface area contributed by atoms with E-state index in [9.17, 15) is 4.79 Å². The highest BCUT2D eigenvalue weighted by atomic mass is 35.5. The van der Waals surface area contributed by atoms with Crippen LogP contribution in [0, 0.1) is 11.3 Å². The highest BCUT2D eigenvalue weighted by Gasteiger charge is 2.09. The molecule has 0 bridgehead atoms. The number of carboxylic acid groups (broad SMARTS) is 1. The molecule has 0 saturated carbocycles. The molecule has 21 heavy (non-hydrogen) atoms. The van der Waals surface area contributed by atoms with Gasteiger partial charge in [-0.05, 0) is 36.2 Å². The molecule has 2 N–H and O–H groups in total. The number of halogens is 1. The molecule has 0 aliphatic rings. The van der Waals surface area contributed by atoms with Crippen LogP contribution in [-0.2, 0) is 6.42 Å². The number of rotatable bonds is 5. The van der Waals surface area contributed by atoms with Crippen molar-refractivity contribution < 1.29 is 9.90 Å². The topological polar surface area (TPSA) is 73.1 Å². The van der Waals surface area contributed by atoms with Crippen LogP contribution in [0.15, 0.2) is 42.5 Å². The van der Waals surface area contributed by atoms with Gasteiger partial charge in [0.1, 0.15) is 6.07 Å². The van der Waals surface area contributed by atoms with Crippen molar-refractivity contribution in [2.75, 3.05) is 11.9 Å². The third kappa shape index (κ3) is 3.74. The van der Waals surface area contributed by atoms with E-state index in [0.717, 1.165) is 5.56 Å². The van der Waals surface area contributed by atoms with Crippen LogP contribution in [0.2, 0.25) is 5.02 Å². The molecule has 2 rings (SSSR count). The number of anilines is 1. The summed E-state index contributed by atoms with van der Waals surface area (Å²) in [6.45, 7) is 0.513. The SMILES string of the molecule is N#Cc1ccc(Cl)cc1NCCc1ccccc1C(=O)O. The number of hydrogen-bond acceptors (Lipinski definition) is 3. The maximum absolute atomic E-state index is 11.1. The summed E-state index contributed by atoms with van der Waals surface area (Å²) in [6.07, 6.45) is 0.542. The van der Waals surface area contributed by atoms with Crippen molar-refractivity contribution in [3.05, 3.63) is 64.2 Å². The lowest BCUT2D eigenvalue weighted by atomic mass is 10.0. The number of carbonyl (C=O) groups is 1. The van der Waals surface area contributed by atoms with E-state index in [1.54, 1.807) is 36.4 Å². The first-order valence-corrected chi connectivity index (χ1v) is 6.74. The van der Waals surface area contributed by atoms with E-state index < -0.39 is 5.97 Å². The average Bonchev–Trinajstić information content (AvgIpc) is 2.48. The Kier molecular flexibility index (Phi) is 4.81. The molecule has 0 saturated heterocycles. The summed E-state index contributed by atoms with van der Waals surface area (Å²) in [5.41, 5.74) is 2.20. The van der Waals surface area contributed by atoms with Gasteiger partial charge in [0.15, 0.2) is 0 Å². The molecule has 106 valence electrons. The van der Waals surface area contributed by atoms with Crippen molar-refractivity contribution in [1.29, 1.82) is 5.26 Å². The summed E-state index contributed by atoms with van der Waals surface area (Å²) < 4.78 is 0. The molecular formula is C16H13ClN2O2. The van der Waals surface area contributed by atoms with Crippen LogP contribution < -0.4 is 5.32 Å². The Morgan fingerprint density at radius 2 is 2.05 bits per heavy atom. The fraction of sp³-hybridized carbons (Fsp3) is 0.125. The van der Waals surface area contributed by atoms with Gasteiger partial charge >= 0.3 is 5.97 Å². The zero-order chi connectivity index (χ0) is 15.2. The zero-order valence-corrected chi connectivity index (χ0v) is 11.9. The monoisotopic (exact) mass is 300 g/mol. The number of nitriles is 1. The summed E-state index contributed by atoms with van der Waals surface area (Å²) in [6, 6.07) is 14.0. The lowest BCUT2D eigenvalue weighted by Gasteiger charge is -2.10. The second-order valence-corrected chi connectivity index (χ2v) is 4.88. The first-order valence-electron chi connectivity index (χ1n) is 6.36. The van der Waals surface area contributed by atoms with Gasteiger partial charge in [-0.2, -0.15) is 5.26 Å². The molecule has 0 aromatic heterocycles.